The predicted octanol–water partition coefficient (Wildman–Crippen LogP) is 4.77. The van der Waals surface area contributed by atoms with Gasteiger partial charge in [-0.05, 0) is 23.3 Å². The standard InChI is InChI=1S/C24H20ClN3O/c1-27-22(19-12-10-18(11-13-19)17-6-3-2-4-7-17)15-28(24(27)26)16-23(29)20-8-5-9-21(25)14-20/h2-15,26H,16H2,1H3/p+1. The van der Waals surface area contributed by atoms with E-state index < -0.39 is 0 Å². The minimum Gasteiger partial charge on any atom is -0.291 e. The molecule has 1 heterocycles. The van der Waals surface area contributed by atoms with Gasteiger partial charge in [-0.25, -0.2) is 9.13 Å². The van der Waals surface area contributed by atoms with Crippen LogP contribution in [0.15, 0.2) is 85.1 Å². The Kier molecular flexibility index (Phi) is 5.19. The highest BCUT2D eigenvalue weighted by atomic mass is 35.5. The van der Waals surface area contributed by atoms with Crippen LogP contribution in [-0.4, -0.2) is 10.4 Å². The van der Waals surface area contributed by atoms with Crippen molar-refractivity contribution in [3.63, 3.8) is 0 Å². The van der Waals surface area contributed by atoms with Gasteiger partial charge in [0.25, 0.3) is 0 Å². The zero-order valence-electron chi connectivity index (χ0n) is 16.0. The minimum atomic E-state index is -0.0409. The number of nitrogen functional groups attached to an aromatic ring is 1. The Hall–Kier alpha value is -3.37. The molecule has 0 fully saturated rings. The van der Waals surface area contributed by atoms with Crippen LogP contribution >= 0.6 is 11.6 Å². The van der Waals surface area contributed by atoms with Gasteiger partial charge in [-0.2, -0.15) is 0 Å². The lowest BCUT2D eigenvalue weighted by molar-refractivity contribution is -0.667. The number of nitrogens with zero attached hydrogens (tertiary/aromatic N) is 2. The number of anilines is 1. The summed E-state index contributed by atoms with van der Waals surface area (Å²) in [7, 11) is 1.90. The number of rotatable bonds is 5. The smallest absolute Gasteiger partial charge is 0.291 e. The van der Waals surface area contributed by atoms with E-state index in [9.17, 15) is 4.79 Å². The van der Waals surface area contributed by atoms with Crippen molar-refractivity contribution < 1.29 is 9.36 Å². The van der Waals surface area contributed by atoms with E-state index in [1.807, 2.05) is 36.0 Å². The fourth-order valence-corrected chi connectivity index (χ4v) is 3.57. The highest BCUT2D eigenvalue weighted by Crippen LogP contribution is 2.25. The molecule has 0 radical (unpaired) electrons. The van der Waals surface area contributed by atoms with Crippen molar-refractivity contribution in [3.8, 4) is 22.4 Å². The van der Waals surface area contributed by atoms with Crippen molar-refractivity contribution >= 4 is 23.3 Å². The number of Topliss-reactive ketones (excluding diaryl/α,β-unsaturated/α-hetero) is 1. The van der Waals surface area contributed by atoms with Crippen LogP contribution in [0.5, 0.6) is 0 Å². The molecule has 0 saturated carbocycles. The molecule has 0 spiro atoms. The van der Waals surface area contributed by atoms with Crippen molar-refractivity contribution in [3.05, 3.63) is 95.6 Å². The molecule has 0 aliphatic heterocycles. The lowest BCUT2D eigenvalue weighted by Gasteiger charge is -2.03. The number of imidazole rings is 1. The summed E-state index contributed by atoms with van der Waals surface area (Å²) in [6.45, 7) is 0.155. The number of halogens is 1. The molecule has 4 aromatic rings. The van der Waals surface area contributed by atoms with Crippen molar-refractivity contribution in [2.45, 2.75) is 6.54 Å². The van der Waals surface area contributed by atoms with E-state index >= 15 is 0 Å². The second kappa shape index (κ2) is 7.94. The van der Waals surface area contributed by atoms with Crippen LogP contribution in [0.4, 0.5) is 5.95 Å². The summed E-state index contributed by atoms with van der Waals surface area (Å²) in [4.78, 5) is 12.6. The average Bonchev–Trinajstić information content (AvgIpc) is 3.03. The monoisotopic (exact) mass is 402 g/mol. The Morgan fingerprint density at radius 2 is 1.59 bits per heavy atom. The second-order valence-corrected chi connectivity index (χ2v) is 7.37. The number of aromatic nitrogens is 2. The van der Waals surface area contributed by atoms with Gasteiger partial charge in [0, 0.05) is 16.1 Å². The van der Waals surface area contributed by atoms with E-state index in [0.717, 1.165) is 16.8 Å². The molecule has 0 saturated heterocycles. The first kappa shape index (κ1) is 19.0. The maximum absolute atomic E-state index is 12.6. The molecule has 3 aromatic carbocycles. The Morgan fingerprint density at radius 3 is 2.28 bits per heavy atom. The van der Waals surface area contributed by atoms with Gasteiger partial charge in [0.15, 0.2) is 5.78 Å². The summed E-state index contributed by atoms with van der Waals surface area (Å²) < 4.78 is 3.66. The molecule has 29 heavy (non-hydrogen) atoms. The fourth-order valence-electron chi connectivity index (χ4n) is 3.38. The molecule has 0 bridgehead atoms. The van der Waals surface area contributed by atoms with E-state index in [0.29, 0.717) is 16.5 Å². The van der Waals surface area contributed by atoms with E-state index in [1.165, 1.54) is 5.56 Å². The van der Waals surface area contributed by atoms with Crippen LogP contribution in [0.3, 0.4) is 0 Å². The van der Waals surface area contributed by atoms with E-state index in [2.05, 4.69) is 36.4 Å². The van der Waals surface area contributed by atoms with Crippen molar-refractivity contribution in [2.75, 3.05) is 5.73 Å². The van der Waals surface area contributed by atoms with Crippen LogP contribution in [0.1, 0.15) is 10.4 Å². The fraction of sp³-hybridized carbons (Fsp3) is 0.0833. The molecular weight excluding hydrogens is 382 g/mol. The summed E-state index contributed by atoms with van der Waals surface area (Å²) in [5.41, 5.74) is 11.1. The third-order valence-corrected chi connectivity index (χ3v) is 5.26. The number of benzene rings is 3. The highest BCUT2D eigenvalue weighted by Gasteiger charge is 2.20. The highest BCUT2D eigenvalue weighted by molar-refractivity contribution is 6.31. The van der Waals surface area contributed by atoms with Gasteiger partial charge >= 0.3 is 5.95 Å². The first-order valence-corrected chi connectivity index (χ1v) is 9.70. The Labute approximate surface area is 174 Å². The van der Waals surface area contributed by atoms with E-state index in [1.54, 1.807) is 28.8 Å². The molecule has 2 N–H and O–H groups in total. The van der Waals surface area contributed by atoms with Gasteiger partial charge in [0.2, 0.25) is 0 Å². The topological polar surface area (TPSA) is 51.9 Å². The SMILES string of the molecule is Cn1c(-c2ccc(-c3ccccc3)cc2)c[n+](CC(=O)c2cccc(Cl)c2)c1N. The van der Waals surface area contributed by atoms with Crippen LogP contribution in [0.2, 0.25) is 5.02 Å². The summed E-state index contributed by atoms with van der Waals surface area (Å²) in [6, 6.07) is 25.5. The molecular formula is C24H21ClN3O+. The number of carbonyl (C=O) groups is 1. The Morgan fingerprint density at radius 1 is 0.931 bits per heavy atom. The van der Waals surface area contributed by atoms with Gasteiger partial charge in [-0.3, -0.25) is 10.5 Å². The van der Waals surface area contributed by atoms with E-state index in [4.69, 9.17) is 17.3 Å². The van der Waals surface area contributed by atoms with Crippen molar-refractivity contribution in [1.82, 2.24) is 4.57 Å². The molecule has 144 valence electrons. The molecule has 0 unspecified atom stereocenters. The van der Waals surface area contributed by atoms with Gasteiger partial charge in [-0.15, -0.1) is 0 Å². The molecule has 4 nitrogen and oxygen atoms in total. The maximum atomic E-state index is 12.6. The number of hydrogen-bond acceptors (Lipinski definition) is 2. The lowest BCUT2D eigenvalue weighted by atomic mass is 10.0. The summed E-state index contributed by atoms with van der Waals surface area (Å²) in [5.74, 6) is 0.475. The third kappa shape index (κ3) is 3.93. The summed E-state index contributed by atoms with van der Waals surface area (Å²) >= 11 is 6.00. The van der Waals surface area contributed by atoms with Crippen LogP contribution in [-0.2, 0) is 13.6 Å². The molecule has 4 rings (SSSR count). The number of nitrogens with two attached hydrogens (primary N) is 1. The first-order valence-electron chi connectivity index (χ1n) is 9.32. The van der Waals surface area contributed by atoms with Crippen LogP contribution in [0.25, 0.3) is 22.4 Å². The summed E-state index contributed by atoms with van der Waals surface area (Å²) in [5, 5.41) is 0.543. The molecule has 0 amide bonds. The maximum Gasteiger partial charge on any atom is 0.355 e. The summed E-state index contributed by atoms with van der Waals surface area (Å²) in [6.07, 6.45) is 1.91. The minimum absolute atomic E-state index is 0.0409. The van der Waals surface area contributed by atoms with Gasteiger partial charge < -0.3 is 0 Å². The molecule has 0 aliphatic rings. The first-order chi connectivity index (χ1) is 14.0. The quantitative estimate of drug-likeness (QED) is 0.386. The average molecular weight is 403 g/mol. The molecule has 0 aliphatic carbocycles. The molecule has 1 aromatic heterocycles. The zero-order chi connectivity index (χ0) is 20.4. The van der Waals surface area contributed by atoms with Crippen molar-refractivity contribution in [1.29, 1.82) is 0 Å². The Balaban J connectivity index is 1.60. The normalized spacial score (nSPS) is 10.8. The van der Waals surface area contributed by atoms with Gasteiger partial charge in [-0.1, -0.05) is 78.3 Å². The van der Waals surface area contributed by atoms with Crippen LogP contribution in [0, 0.1) is 0 Å². The lowest BCUT2D eigenvalue weighted by Crippen LogP contribution is -2.39. The van der Waals surface area contributed by atoms with E-state index in [-0.39, 0.29) is 12.3 Å². The number of carbonyl (C=O) groups excluding carboxylic acids is 1. The van der Waals surface area contributed by atoms with Gasteiger partial charge in [0.1, 0.15) is 18.4 Å². The van der Waals surface area contributed by atoms with Gasteiger partial charge in [0.05, 0.1) is 7.05 Å². The zero-order valence-corrected chi connectivity index (χ0v) is 16.8. The third-order valence-electron chi connectivity index (χ3n) is 5.03. The Bertz CT molecular complexity index is 1160. The van der Waals surface area contributed by atoms with Crippen molar-refractivity contribution in [2.24, 2.45) is 7.05 Å². The molecule has 5 heteroatoms. The number of ketones is 1. The molecule has 0 atom stereocenters. The number of hydrogen-bond donors (Lipinski definition) is 1. The largest absolute Gasteiger partial charge is 0.355 e. The second-order valence-electron chi connectivity index (χ2n) is 6.94. The predicted molar refractivity (Wildman–Crippen MR) is 117 cm³/mol. The van der Waals surface area contributed by atoms with Crippen LogP contribution < -0.4 is 10.3 Å².